The largest absolute Gasteiger partial charge is 0.493 e. The van der Waals surface area contributed by atoms with Crippen molar-refractivity contribution < 1.29 is 9.47 Å². The first-order valence-electron chi connectivity index (χ1n) is 10.6. The minimum atomic E-state index is -0.201. The molecule has 2 heterocycles. The Morgan fingerprint density at radius 1 is 1.00 bits per heavy atom. The van der Waals surface area contributed by atoms with Crippen molar-refractivity contribution in [1.29, 1.82) is 0 Å². The Morgan fingerprint density at radius 3 is 2.50 bits per heavy atom. The van der Waals surface area contributed by atoms with Crippen LogP contribution in [0.15, 0.2) is 27.8 Å². The molecule has 0 fully saturated rings. The molecule has 0 aliphatic heterocycles. The quantitative estimate of drug-likeness (QED) is 0.575. The van der Waals surface area contributed by atoms with Gasteiger partial charge in [0.05, 0.1) is 19.6 Å². The lowest BCUT2D eigenvalue weighted by Gasteiger charge is -2.13. The highest BCUT2D eigenvalue weighted by atomic mass is 32.1. The van der Waals surface area contributed by atoms with Crippen molar-refractivity contribution in [1.82, 2.24) is 9.13 Å². The summed E-state index contributed by atoms with van der Waals surface area (Å²) in [6, 6.07) is 5.70. The molecule has 1 aliphatic carbocycles. The first-order chi connectivity index (χ1) is 14.6. The summed E-state index contributed by atoms with van der Waals surface area (Å²) in [4.78, 5) is 28.8. The van der Waals surface area contributed by atoms with Gasteiger partial charge in [-0.3, -0.25) is 13.9 Å². The van der Waals surface area contributed by atoms with Gasteiger partial charge < -0.3 is 9.47 Å². The van der Waals surface area contributed by atoms with E-state index in [4.69, 9.17) is 9.47 Å². The van der Waals surface area contributed by atoms with Crippen LogP contribution in [0.5, 0.6) is 11.5 Å². The van der Waals surface area contributed by atoms with Gasteiger partial charge in [0.1, 0.15) is 4.83 Å². The normalized spacial score (nSPS) is 13.4. The van der Waals surface area contributed by atoms with Crippen molar-refractivity contribution in [3.8, 4) is 11.5 Å². The van der Waals surface area contributed by atoms with E-state index in [1.54, 1.807) is 25.6 Å². The standard InChI is InChI=1S/C23H28N2O4S/c1-4-12-25-22-20(16-7-5-6-8-19(16)30-22)21(26)24(23(25)27)13-11-15-9-10-17(28-2)18(14-15)29-3/h9-10,14H,4-8,11-13H2,1-3H3. The first kappa shape index (κ1) is 20.7. The Kier molecular flexibility index (Phi) is 5.99. The van der Waals surface area contributed by atoms with Gasteiger partial charge >= 0.3 is 5.69 Å². The van der Waals surface area contributed by atoms with Crippen LogP contribution in [0.25, 0.3) is 10.2 Å². The maximum Gasteiger partial charge on any atom is 0.332 e. The number of aromatic nitrogens is 2. The molecule has 1 aromatic carbocycles. The van der Waals surface area contributed by atoms with Crippen LogP contribution in [0.3, 0.4) is 0 Å². The number of aryl methyl sites for hydroxylation is 4. The van der Waals surface area contributed by atoms with Crippen LogP contribution in [0.2, 0.25) is 0 Å². The maximum atomic E-state index is 13.4. The fraction of sp³-hybridized carbons (Fsp3) is 0.478. The van der Waals surface area contributed by atoms with E-state index in [9.17, 15) is 9.59 Å². The van der Waals surface area contributed by atoms with Crippen LogP contribution in [0.1, 0.15) is 42.2 Å². The second kappa shape index (κ2) is 8.68. The van der Waals surface area contributed by atoms with Crippen molar-refractivity contribution in [2.24, 2.45) is 0 Å². The highest BCUT2D eigenvalue weighted by Gasteiger charge is 2.23. The Bertz CT molecular complexity index is 1190. The topological polar surface area (TPSA) is 62.5 Å². The van der Waals surface area contributed by atoms with Gasteiger partial charge in [-0.15, -0.1) is 11.3 Å². The fourth-order valence-electron chi connectivity index (χ4n) is 4.31. The number of hydrogen-bond donors (Lipinski definition) is 0. The molecule has 0 radical (unpaired) electrons. The van der Waals surface area contributed by atoms with Crippen molar-refractivity contribution in [2.45, 2.75) is 58.5 Å². The summed E-state index contributed by atoms with van der Waals surface area (Å²) in [6.07, 6.45) is 5.64. The summed E-state index contributed by atoms with van der Waals surface area (Å²) in [5.74, 6) is 1.31. The molecule has 0 N–H and O–H groups in total. The molecule has 0 bridgehead atoms. The van der Waals surface area contributed by atoms with Gasteiger partial charge in [-0.25, -0.2) is 4.79 Å². The lowest BCUT2D eigenvalue weighted by atomic mass is 9.97. The second-order valence-corrected chi connectivity index (χ2v) is 8.81. The molecule has 1 aliphatic rings. The highest BCUT2D eigenvalue weighted by molar-refractivity contribution is 7.18. The summed E-state index contributed by atoms with van der Waals surface area (Å²) in [5, 5.41) is 0.773. The van der Waals surface area contributed by atoms with Crippen LogP contribution in [-0.2, 0) is 32.4 Å². The number of rotatable bonds is 7. The van der Waals surface area contributed by atoms with Gasteiger partial charge in [0.15, 0.2) is 11.5 Å². The Labute approximate surface area is 179 Å². The molecule has 0 amide bonds. The van der Waals surface area contributed by atoms with Crippen LogP contribution in [-0.4, -0.2) is 23.4 Å². The number of thiophene rings is 1. The molecule has 2 aromatic heterocycles. The van der Waals surface area contributed by atoms with E-state index in [0.717, 1.165) is 47.9 Å². The zero-order valence-electron chi connectivity index (χ0n) is 17.8. The number of benzene rings is 1. The fourth-order valence-corrected chi connectivity index (χ4v) is 5.71. The molecular formula is C23H28N2O4S. The molecule has 0 spiro atoms. The van der Waals surface area contributed by atoms with Gasteiger partial charge in [0.25, 0.3) is 5.56 Å². The summed E-state index contributed by atoms with van der Waals surface area (Å²) in [6.45, 7) is 3.04. The van der Waals surface area contributed by atoms with Crippen molar-refractivity contribution >= 4 is 21.6 Å². The molecule has 7 heteroatoms. The maximum absolute atomic E-state index is 13.4. The number of methoxy groups -OCH3 is 2. The Balaban J connectivity index is 1.77. The van der Waals surface area contributed by atoms with E-state index >= 15 is 0 Å². The number of ether oxygens (including phenoxy) is 2. The molecule has 0 unspecified atom stereocenters. The van der Waals surface area contributed by atoms with Crippen LogP contribution >= 0.6 is 11.3 Å². The van der Waals surface area contributed by atoms with Crippen LogP contribution in [0.4, 0.5) is 0 Å². The van der Waals surface area contributed by atoms with E-state index in [-0.39, 0.29) is 11.2 Å². The third-order valence-corrected chi connectivity index (χ3v) is 7.15. The van der Waals surface area contributed by atoms with E-state index < -0.39 is 0 Å². The van der Waals surface area contributed by atoms with E-state index in [1.807, 2.05) is 22.8 Å². The minimum absolute atomic E-state index is 0.137. The second-order valence-electron chi connectivity index (χ2n) is 7.72. The summed E-state index contributed by atoms with van der Waals surface area (Å²) < 4.78 is 13.9. The number of nitrogens with zero attached hydrogens (tertiary/aromatic N) is 2. The third-order valence-electron chi connectivity index (χ3n) is 5.84. The first-order valence-corrected chi connectivity index (χ1v) is 11.4. The van der Waals surface area contributed by atoms with Crippen molar-refractivity contribution in [3.05, 3.63) is 55.0 Å². The van der Waals surface area contributed by atoms with Gasteiger partial charge in [-0.1, -0.05) is 13.0 Å². The molecule has 0 saturated carbocycles. The number of hydrogen-bond acceptors (Lipinski definition) is 5. The summed E-state index contributed by atoms with van der Waals surface area (Å²) >= 11 is 1.65. The lowest BCUT2D eigenvalue weighted by Crippen LogP contribution is -2.40. The highest BCUT2D eigenvalue weighted by Crippen LogP contribution is 2.34. The van der Waals surface area contributed by atoms with E-state index in [0.29, 0.717) is 31.0 Å². The molecule has 6 nitrogen and oxygen atoms in total. The predicted molar refractivity (Wildman–Crippen MR) is 121 cm³/mol. The molecule has 0 atom stereocenters. The van der Waals surface area contributed by atoms with Gasteiger partial charge in [0, 0.05) is 18.0 Å². The SMILES string of the molecule is CCCn1c(=O)n(CCc2ccc(OC)c(OC)c2)c(=O)c2c3c(sc21)CCCC3. The van der Waals surface area contributed by atoms with E-state index in [1.165, 1.54) is 15.0 Å². The van der Waals surface area contributed by atoms with Gasteiger partial charge in [-0.2, -0.15) is 0 Å². The molecule has 4 rings (SSSR count). The van der Waals surface area contributed by atoms with Crippen LogP contribution < -0.4 is 20.7 Å². The average Bonchev–Trinajstić information content (AvgIpc) is 3.16. The zero-order valence-corrected chi connectivity index (χ0v) is 18.6. The smallest absolute Gasteiger partial charge is 0.332 e. The molecule has 3 aromatic rings. The van der Waals surface area contributed by atoms with Gasteiger partial charge in [-0.05, 0) is 61.8 Å². The molecule has 0 saturated heterocycles. The number of fused-ring (bicyclic) bond motifs is 3. The predicted octanol–water partition coefficient (Wildman–Crippen LogP) is 3.77. The summed E-state index contributed by atoms with van der Waals surface area (Å²) in [7, 11) is 3.20. The molecule has 30 heavy (non-hydrogen) atoms. The van der Waals surface area contributed by atoms with Crippen molar-refractivity contribution in [2.75, 3.05) is 14.2 Å². The Morgan fingerprint density at radius 2 is 1.77 bits per heavy atom. The van der Waals surface area contributed by atoms with Gasteiger partial charge in [0.2, 0.25) is 0 Å². The molecular weight excluding hydrogens is 400 g/mol. The summed E-state index contributed by atoms with van der Waals surface area (Å²) in [5.41, 5.74) is 1.83. The molecule has 160 valence electrons. The lowest BCUT2D eigenvalue weighted by molar-refractivity contribution is 0.354. The van der Waals surface area contributed by atoms with Crippen LogP contribution in [0, 0.1) is 0 Å². The monoisotopic (exact) mass is 428 g/mol. The minimum Gasteiger partial charge on any atom is -0.493 e. The van der Waals surface area contributed by atoms with Crippen molar-refractivity contribution in [3.63, 3.8) is 0 Å². The van der Waals surface area contributed by atoms with E-state index in [2.05, 4.69) is 6.92 Å². The zero-order chi connectivity index (χ0) is 21.3. The Hall–Kier alpha value is -2.54. The third kappa shape index (κ3) is 3.55. The average molecular weight is 429 g/mol.